The van der Waals surface area contributed by atoms with Crippen molar-refractivity contribution in [3.8, 4) is 0 Å². The average molecular weight is 313 g/mol. The van der Waals surface area contributed by atoms with Gasteiger partial charge in [0.25, 0.3) is 0 Å². The Hall–Kier alpha value is -0.950. The molecule has 2 N–H and O–H groups in total. The van der Waals surface area contributed by atoms with Crippen molar-refractivity contribution in [3.05, 3.63) is 29.8 Å². The van der Waals surface area contributed by atoms with Gasteiger partial charge < -0.3 is 10.2 Å². The van der Waals surface area contributed by atoms with Gasteiger partial charge in [0.15, 0.2) is 0 Å². The minimum absolute atomic E-state index is 0.310. The van der Waals surface area contributed by atoms with E-state index >= 15 is 0 Å². The predicted octanol–water partition coefficient (Wildman–Crippen LogP) is 1.41. The zero-order valence-corrected chi connectivity index (χ0v) is 14.2. The van der Waals surface area contributed by atoms with Crippen LogP contribution in [-0.2, 0) is 16.6 Å². The Labute approximate surface area is 128 Å². The molecule has 0 spiro atoms. The van der Waals surface area contributed by atoms with Crippen LogP contribution < -0.4 is 10.0 Å². The molecule has 120 valence electrons. The quantitative estimate of drug-likeness (QED) is 0.724. The van der Waals surface area contributed by atoms with Crippen molar-refractivity contribution < 1.29 is 8.42 Å². The third kappa shape index (κ3) is 6.56. The van der Waals surface area contributed by atoms with Crippen LogP contribution in [0.1, 0.15) is 25.3 Å². The SMILES string of the molecule is CNS(=O)(=O)c1cccc(CN[C@H](C)CCCN(C)C)c1. The second kappa shape index (κ2) is 8.48. The first-order valence-corrected chi connectivity index (χ1v) is 8.74. The van der Waals surface area contributed by atoms with E-state index < -0.39 is 10.0 Å². The summed E-state index contributed by atoms with van der Waals surface area (Å²) in [4.78, 5) is 2.49. The summed E-state index contributed by atoms with van der Waals surface area (Å²) in [6.45, 7) is 3.92. The fraction of sp³-hybridized carbons (Fsp3) is 0.600. The summed E-state index contributed by atoms with van der Waals surface area (Å²) < 4.78 is 25.9. The van der Waals surface area contributed by atoms with Crippen LogP contribution in [0, 0.1) is 0 Å². The van der Waals surface area contributed by atoms with Crippen LogP contribution in [0.5, 0.6) is 0 Å². The lowest BCUT2D eigenvalue weighted by molar-refractivity contribution is 0.375. The molecule has 0 aromatic heterocycles. The van der Waals surface area contributed by atoms with Gasteiger partial charge in [-0.1, -0.05) is 12.1 Å². The predicted molar refractivity (Wildman–Crippen MR) is 86.8 cm³/mol. The monoisotopic (exact) mass is 313 g/mol. The van der Waals surface area contributed by atoms with Crippen LogP contribution in [0.3, 0.4) is 0 Å². The van der Waals surface area contributed by atoms with Crippen molar-refractivity contribution in [2.24, 2.45) is 0 Å². The summed E-state index contributed by atoms with van der Waals surface area (Å²) >= 11 is 0. The summed E-state index contributed by atoms with van der Waals surface area (Å²) in [5.41, 5.74) is 0.978. The van der Waals surface area contributed by atoms with E-state index in [1.807, 2.05) is 6.07 Å². The average Bonchev–Trinajstić information content (AvgIpc) is 2.45. The molecule has 1 rings (SSSR count). The van der Waals surface area contributed by atoms with Crippen molar-refractivity contribution in [1.82, 2.24) is 14.9 Å². The molecule has 21 heavy (non-hydrogen) atoms. The van der Waals surface area contributed by atoms with E-state index in [0.717, 1.165) is 24.9 Å². The molecule has 1 aromatic carbocycles. The van der Waals surface area contributed by atoms with Crippen molar-refractivity contribution in [2.45, 2.75) is 37.2 Å². The van der Waals surface area contributed by atoms with Crippen LogP contribution in [0.15, 0.2) is 29.2 Å². The van der Waals surface area contributed by atoms with E-state index in [9.17, 15) is 8.42 Å². The van der Waals surface area contributed by atoms with E-state index in [1.165, 1.54) is 7.05 Å². The zero-order chi connectivity index (χ0) is 15.9. The maximum atomic E-state index is 11.8. The number of benzene rings is 1. The number of hydrogen-bond donors (Lipinski definition) is 2. The highest BCUT2D eigenvalue weighted by molar-refractivity contribution is 7.89. The molecule has 6 heteroatoms. The zero-order valence-electron chi connectivity index (χ0n) is 13.4. The Morgan fingerprint density at radius 3 is 2.62 bits per heavy atom. The van der Waals surface area contributed by atoms with Crippen molar-refractivity contribution in [1.29, 1.82) is 0 Å². The van der Waals surface area contributed by atoms with Gasteiger partial charge in [-0.2, -0.15) is 0 Å². The highest BCUT2D eigenvalue weighted by Gasteiger charge is 2.11. The fourth-order valence-corrected chi connectivity index (χ4v) is 2.85. The van der Waals surface area contributed by atoms with E-state index in [-0.39, 0.29) is 0 Å². The van der Waals surface area contributed by atoms with Gasteiger partial charge in [0, 0.05) is 12.6 Å². The van der Waals surface area contributed by atoms with Crippen LogP contribution >= 0.6 is 0 Å². The molecule has 0 saturated carbocycles. The van der Waals surface area contributed by atoms with Gasteiger partial charge in [0.05, 0.1) is 4.90 Å². The first kappa shape index (κ1) is 18.1. The summed E-state index contributed by atoms with van der Waals surface area (Å²) in [7, 11) is 2.21. The van der Waals surface area contributed by atoms with Gasteiger partial charge in [-0.05, 0) is 65.1 Å². The Morgan fingerprint density at radius 1 is 1.29 bits per heavy atom. The molecule has 0 aliphatic heterocycles. The van der Waals surface area contributed by atoms with E-state index in [0.29, 0.717) is 17.5 Å². The molecule has 0 saturated heterocycles. The van der Waals surface area contributed by atoms with Crippen LogP contribution in [-0.4, -0.2) is 47.0 Å². The second-order valence-corrected chi connectivity index (χ2v) is 7.47. The lowest BCUT2D eigenvalue weighted by Gasteiger charge is -2.16. The third-order valence-corrected chi connectivity index (χ3v) is 4.79. The van der Waals surface area contributed by atoms with Gasteiger partial charge in [-0.15, -0.1) is 0 Å². The van der Waals surface area contributed by atoms with E-state index in [1.54, 1.807) is 18.2 Å². The molecule has 0 unspecified atom stereocenters. The Kier molecular flexibility index (Phi) is 7.31. The lowest BCUT2D eigenvalue weighted by atomic mass is 10.1. The molecule has 0 amide bonds. The number of sulfonamides is 1. The maximum absolute atomic E-state index is 11.8. The molecule has 0 aliphatic carbocycles. The third-order valence-electron chi connectivity index (χ3n) is 3.37. The summed E-state index contributed by atoms with van der Waals surface area (Å²) in [6.07, 6.45) is 2.25. The number of nitrogens with zero attached hydrogens (tertiary/aromatic N) is 1. The van der Waals surface area contributed by atoms with Gasteiger partial charge in [0.1, 0.15) is 0 Å². The molecular formula is C15H27N3O2S. The lowest BCUT2D eigenvalue weighted by Crippen LogP contribution is -2.27. The largest absolute Gasteiger partial charge is 0.310 e. The fourth-order valence-electron chi connectivity index (χ4n) is 2.05. The first-order valence-electron chi connectivity index (χ1n) is 7.25. The number of hydrogen-bond acceptors (Lipinski definition) is 4. The van der Waals surface area contributed by atoms with E-state index in [2.05, 4.69) is 36.0 Å². The second-order valence-electron chi connectivity index (χ2n) is 5.58. The minimum Gasteiger partial charge on any atom is -0.310 e. The minimum atomic E-state index is -3.37. The maximum Gasteiger partial charge on any atom is 0.240 e. The molecule has 1 aromatic rings. The van der Waals surface area contributed by atoms with E-state index in [4.69, 9.17) is 0 Å². The number of nitrogens with one attached hydrogen (secondary N) is 2. The summed E-state index contributed by atoms with van der Waals surface area (Å²) in [5, 5.41) is 3.44. The standard InChI is InChI=1S/C15H27N3O2S/c1-13(7-6-10-18(3)4)17-12-14-8-5-9-15(11-14)21(19,20)16-2/h5,8-9,11,13,16-17H,6-7,10,12H2,1-4H3/t13-/m1/s1. The number of rotatable bonds is 9. The first-order chi connectivity index (χ1) is 9.85. The molecule has 0 fully saturated rings. The van der Waals surface area contributed by atoms with Gasteiger partial charge in [0.2, 0.25) is 10.0 Å². The molecule has 0 aliphatic rings. The molecule has 0 bridgehead atoms. The highest BCUT2D eigenvalue weighted by Crippen LogP contribution is 2.11. The summed E-state index contributed by atoms with van der Waals surface area (Å²) in [5.74, 6) is 0. The Balaban J connectivity index is 2.51. The van der Waals surface area contributed by atoms with Crippen LogP contribution in [0.2, 0.25) is 0 Å². The normalized spacial score (nSPS) is 13.6. The van der Waals surface area contributed by atoms with Crippen molar-refractivity contribution in [3.63, 3.8) is 0 Å². The van der Waals surface area contributed by atoms with Crippen LogP contribution in [0.4, 0.5) is 0 Å². The van der Waals surface area contributed by atoms with Gasteiger partial charge in [-0.25, -0.2) is 13.1 Å². The molecular weight excluding hydrogens is 286 g/mol. The van der Waals surface area contributed by atoms with Crippen molar-refractivity contribution >= 4 is 10.0 Å². The Bertz CT molecular complexity index is 529. The molecule has 0 heterocycles. The smallest absolute Gasteiger partial charge is 0.240 e. The van der Waals surface area contributed by atoms with Gasteiger partial charge in [-0.3, -0.25) is 0 Å². The van der Waals surface area contributed by atoms with Gasteiger partial charge >= 0.3 is 0 Å². The molecule has 1 atom stereocenters. The highest BCUT2D eigenvalue weighted by atomic mass is 32.2. The van der Waals surface area contributed by atoms with Crippen molar-refractivity contribution in [2.75, 3.05) is 27.7 Å². The molecule has 5 nitrogen and oxygen atoms in total. The Morgan fingerprint density at radius 2 is 2.00 bits per heavy atom. The van der Waals surface area contributed by atoms with Crippen LogP contribution in [0.25, 0.3) is 0 Å². The topological polar surface area (TPSA) is 61.4 Å². The summed E-state index contributed by atoms with van der Waals surface area (Å²) in [6, 6.07) is 7.45. The molecule has 0 radical (unpaired) electrons.